The summed E-state index contributed by atoms with van der Waals surface area (Å²) >= 11 is 0. The van der Waals surface area contributed by atoms with E-state index in [1.807, 2.05) is 20.8 Å². The predicted octanol–water partition coefficient (Wildman–Crippen LogP) is 4.00. The first-order chi connectivity index (χ1) is 14.0. The second-order valence-electron chi connectivity index (χ2n) is 6.09. The third-order valence-electron chi connectivity index (χ3n) is 3.93. The minimum atomic E-state index is -2.66. The normalized spacial score (nSPS) is 11.6. The molecule has 7 nitrogen and oxygen atoms in total. The average Bonchev–Trinajstić information content (AvgIpc) is 2.71. The van der Waals surface area contributed by atoms with Crippen molar-refractivity contribution in [3.05, 3.63) is 35.9 Å². The quantitative estimate of drug-likeness (QED) is 0.147. The highest BCUT2D eigenvalue weighted by Gasteiger charge is 2.39. The second kappa shape index (κ2) is 14.1. The molecular formula is C21H32O7Si. The molecule has 0 amide bonds. The van der Waals surface area contributed by atoms with E-state index in [1.54, 1.807) is 30.3 Å². The van der Waals surface area contributed by atoms with Gasteiger partial charge in [0.05, 0.1) is 7.11 Å². The number of carbonyl (C=O) groups excluding carboxylic acids is 2. The molecule has 0 aliphatic rings. The summed E-state index contributed by atoms with van der Waals surface area (Å²) in [6, 6.07) is 7.57. The van der Waals surface area contributed by atoms with Gasteiger partial charge in [-0.3, -0.25) is 4.79 Å². The Balaban J connectivity index is 2.44. The number of unbranched alkanes of at least 4 members (excludes halogenated alkanes) is 1. The van der Waals surface area contributed by atoms with Gasteiger partial charge in [0.15, 0.2) is 0 Å². The van der Waals surface area contributed by atoms with Crippen LogP contribution in [0.2, 0.25) is 6.04 Å². The Morgan fingerprint density at radius 2 is 1.52 bits per heavy atom. The fourth-order valence-corrected chi connectivity index (χ4v) is 5.36. The topological polar surface area (TPSA) is 80.3 Å². The van der Waals surface area contributed by atoms with E-state index in [4.69, 9.17) is 18.0 Å². The maximum absolute atomic E-state index is 12.1. The molecule has 1 rings (SSSR count). The van der Waals surface area contributed by atoms with E-state index in [9.17, 15) is 9.59 Å². The van der Waals surface area contributed by atoms with Crippen molar-refractivity contribution in [1.29, 1.82) is 0 Å². The number of esters is 2. The summed E-state index contributed by atoms with van der Waals surface area (Å²) < 4.78 is 27.3. The van der Waals surface area contributed by atoms with E-state index in [0.29, 0.717) is 44.5 Å². The molecule has 0 atom stereocenters. The Kier molecular flexibility index (Phi) is 12.1. The molecule has 0 bridgehead atoms. The lowest BCUT2D eigenvalue weighted by Gasteiger charge is -2.28. The summed E-state index contributed by atoms with van der Waals surface area (Å²) in [7, 11) is -1.34. The maximum Gasteiger partial charge on any atom is 0.500 e. The smallest absolute Gasteiger partial charge is 0.466 e. The summed E-state index contributed by atoms with van der Waals surface area (Å²) in [6.07, 6.45) is 4.69. The number of benzene rings is 1. The van der Waals surface area contributed by atoms with Crippen molar-refractivity contribution >= 4 is 26.8 Å². The number of ether oxygens (including phenoxy) is 2. The number of rotatable bonds is 14. The fourth-order valence-electron chi connectivity index (χ4n) is 2.67. The van der Waals surface area contributed by atoms with Gasteiger partial charge in [0.1, 0.15) is 5.75 Å². The Morgan fingerprint density at radius 1 is 0.931 bits per heavy atom. The van der Waals surface area contributed by atoms with Gasteiger partial charge in [-0.25, -0.2) is 4.79 Å². The van der Waals surface area contributed by atoms with E-state index in [2.05, 4.69) is 4.74 Å². The number of hydrogen-bond donors (Lipinski definition) is 0. The molecule has 0 unspecified atom stereocenters. The molecule has 0 fully saturated rings. The highest BCUT2D eigenvalue weighted by molar-refractivity contribution is 6.60. The molecule has 0 aliphatic heterocycles. The monoisotopic (exact) mass is 424 g/mol. The summed E-state index contributed by atoms with van der Waals surface area (Å²) in [6.45, 7) is 7.40. The zero-order valence-electron chi connectivity index (χ0n) is 17.8. The van der Waals surface area contributed by atoms with Gasteiger partial charge >= 0.3 is 20.7 Å². The highest BCUT2D eigenvalue weighted by Crippen LogP contribution is 2.20. The number of hydrogen-bond acceptors (Lipinski definition) is 7. The molecule has 1 aromatic rings. The van der Waals surface area contributed by atoms with Crippen molar-refractivity contribution in [3.63, 3.8) is 0 Å². The Hall–Kier alpha value is -2.00. The standard InChI is InChI=1S/C21H32O7Si/c1-5-25-29(26-6-2,27-7-3)17-9-8-10-21(23)28-19-14-11-18(12-15-19)13-16-20(22)24-4/h11-16H,5-10,17H2,1-4H3. The lowest BCUT2D eigenvalue weighted by molar-refractivity contribution is -0.135. The minimum Gasteiger partial charge on any atom is -0.466 e. The van der Waals surface area contributed by atoms with Gasteiger partial charge in [-0.05, 0) is 57.4 Å². The molecular weight excluding hydrogens is 392 g/mol. The Bertz CT molecular complexity index is 626. The van der Waals surface area contributed by atoms with Crippen LogP contribution in [0.1, 0.15) is 45.6 Å². The molecule has 0 saturated carbocycles. The van der Waals surface area contributed by atoms with Gasteiger partial charge in [0, 0.05) is 38.4 Å². The van der Waals surface area contributed by atoms with Crippen LogP contribution in [0.15, 0.2) is 30.3 Å². The Morgan fingerprint density at radius 3 is 2.03 bits per heavy atom. The van der Waals surface area contributed by atoms with Crippen LogP contribution in [0, 0.1) is 0 Å². The first kappa shape index (κ1) is 25.0. The Labute approximate surface area is 174 Å². The van der Waals surface area contributed by atoms with Gasteiger partial charge in [-0.2, -0.15) is 0 Å². The van der Waals surface area contributed by atoms with Crippen LogP contribution in [0.5, 0.6) is 5.75 Å². The van der Waals surface area contributed by atoms with Gasteiger partial charge in [-0.1, -0.05) is 12.1 Å². The first-order valence-electron chi connectivity index (χ1n) is 9.97. The van der Waals surface area contributed by atoms with Crippen LogP contribution in [0.3, 0.4) is 0 Å². The van der Waals surface area contributed by atoms with Crippen LogP contribution >= 0.6 is 0 Å². The summed E-state index contributed by atoms with van der Waals surface area (Å²) in [5.74, 6) is -0.253. The maximum atomic E-state index is 12.1. The lowest BCUT2D eigenvalue weighted by Crippen LogP contribution is -2.45. The van der Waals surface area contributed by atoms with Crippen molar-refractivity contribution in [3.8, 4) is 5.75 Å². The third-order valence-corrected chi connectivity index (χ3v) is 7.08. The fraction of sp³-hybridized carbons (Fsp3) is 0.524. The second-order valence-corrected chi connectivity index (χ2v) is 8.82. The molecule has 29 heavy (non-hydrogen) atoms. The van der Waals surface area contributed by atoms with Crippen molar-refractivity contribution in [2.45, 2.75) is 46.1 Å². The number of methoxy groups -OCH3 is 1. The molecule has 8 heteroatoms. The molecule has 0 spiro atoms. The zero-order valence-corrected chi connectivity index (χ0v) is 18.8. The minimum absolute atomic E-state index is 0.292. The van der Waals surface area contributed by atoms with Gasteiger partial charge in [-0.15, -0.1) is 0 Å². The number of carbonyl (C=O) groups is 2. The molecule has 0 radical (unpaired) electrons. The molecule has 0 aliphatic carbocycles. The summed E-state index contributed by atoms with van der Waals surface area (Å²) in [5, 5.41) is 0. The largest absolute Gasteiger partial charge is 0.500 e. The van der Waals surface area contributed by atoms with Crippen LogP contribution in [0.25, 0.3) is 6.08 Å². The molecule has 0 N–H and O–H groups in total. The predicted molar refractivity (Wildman–Crippen MR) is 112 cm³/mol. The molecule has 0 heterocycles. The van der Waals surface area contributed by atoms with Crippen molar-refractivity contribution < 1.29 is 32.3 Å². The van der Waals surface area contributed by atoms with Gasteiger partial charge < -0.3 is 22.8 Å². The summed E-state index contributed by atoms with van der Waals surface area (Å²) in [4.78, 5) is 23.2. The van der Waals surface area contributed by atoms with E-state index in [1.165, 1.54) is 13.2 Å². The van der Waals surface area contributed by atoms with Crippen LogP contribution < -0.4 is 4.74 Å². The van der Waals surface area contributed by atoms with Crippen molar-refractivity contribution in [2.75, 3.05) is 26.9 Å². The van der Waals surface area contributed by atoms with Gasteiger partial charge in [0.25, 0.3) is 0 Å². The zero-order chi connectivity index (χ0) is 21.5. The molecule has 0 saturated heterocycles. The van der Waals surface area contributed by atoms with E-state index < -0.39 is 14.8 Å². The van der Waals surface area contributed by atoms with E-state index in [-0.39, 0.29) is 5.97 Å². The average molecular weight is 425 g/mol. The lowest BCUT2D eigenvalue weighted by atomic mass is 10.2. The SMILES string of the molecule is CCO[Si](CCCCC(=O)Oc1ccc(C=CC(=O)OC)cc1)(OCC)OCC. The molecule has 0 aromatic heterocycles. The van der Waals surface area contributed by atoms with Crippen LogP contribution in [0.4, 0.5) is 0 Å². The first-order valence-corrected chi connectivity index (χ1v) is 11.9. The van der Waals surface area contributed by atoms with E-state index >= 15 is 0 Å². The highest BCUT2D eigenvalue weighted by atomic mass is 28.4. The van der Waals surface area contributed by atoms with Crippen LogP contribution in [-0.4, -0.2) is 47.7 Å². The van der Waals surface area contributed by atoms with Crippen molar-refractivity contribution in [1.82, 2.24) is 0 Å². The van der Waals surface area contributed by atoms with Crippen LogP contribution in [-0.2, 0) is 27.6 Å². The third kappa shape index (κ3) is 9.84. The summed E-state index contributed by atoms with van der Waals surface area (Å²) in [5.41, 5.74) is 0.805. The van der Waals surface area contributed by atoms with Gasteiger partial charge in [0.2, 0.25) is 0 Å². The van der Waals surface area contributed by atoms with Crippen molar-refractivity contribution in [2.24, 2.45) is 0 Å². The van der Waals surface area contributed by atoms with E-state index in [0.717, 1.165) is 12.0 Å². The molecule has 1 aromatic carbocycles. The molecule has 162 valence electrons.